The molecule has 17 heavy (non-hydrogen) atoms. The van der Waals surface area contributed by atoms with Gasteiger partial charge in [-0.3, -0.25) is 0 Å². The van der Waals surface area contributed by atoms with Crippen LogP contribution in [0.3, 0.4) is 0 Å². The zero-order valence-electron chi connectivity index (χ0n) is 9.87. The lowest BCUT2D eigenvalue weighted by molar-refractivity contribution is 0.599. The van der Waals surface area contributed by atoms with Crippen LogP contribution in [0.4, 0.5) is 4.39 Å². The highest BCUT2D eigenvalue weighted by atomic mass is 35.5. The molecular weight excluding hydrogens is 235 g/mol. The molecule has 0 atom stereocenters. The monoisotopic (exact) mass is 248 g/mol. The Morgan fingerprint density at radius 1 is 1.00 bits per heavy atom. The second-order valence-corrected chi connectivity index (χ2v) is 4.72. The minimum atomic E-state index is -0.232. The van der Waals surface area contributed by atoms with Crippen molar-refractivity contribution in [2.75, 3.05) is 0 Å². The van der Waals surface area contributed by atoms with Crippen LogP contribution in [0.1, 0.15) is 25.3 Å². The Morgan fingerprint density at radius 3 is 2.24 bits per heavy atom. The van der Waals surface area contributed by atoms with Crippen molar-refractivity contribution in [1.82, 2.24) is 0 Å². The molecule has 0 spiro atoms. The van der Waals surface area contributed by atoms with Gasteiger partial charge in [-0.05, 0) is 23.6 Å². The van der Waals surface area contributed by atoms with E-state index in [4.69, 9.17) is 11.6 Å². The zero-order valence-corrected chi connectivity index (χ0v) is 10.6. The van der Waals surface area contributed by atoms with E-state index in [2.05, 4.69) is 0 Å². The molecule has 88 valence electrons. The van der Waals surface area contributed by atoms with E-state index in [1.165, 1.54) is 6.07 Å². The molecule has 2 aromatic rings. The Kier molecular flexibility index (Phi) is 3.49. The summed E-state index contributed by atoms with van der Waals surface area (Å²) in [5, 5.41) is 0.520. The van der Waals surface area contributed by atoms with Gasteiger partial charge in [-0.25, -0.2) is 4.39 Å². The molecule has 0 bridgehead atoms. The van der Waals surface area contributed by atoms with Crippen molar-refractivity contribution in [3.63, 3.8) is 0 Å². The SMILES string of the molecule is CC(C)c1c(F)ccc(-c2ccccc2)c1Cl. The Hall–Kier alpha value is -1.34. The summed E-state index contributed by atoms with van der Waals surface area (Å²) in [6, 6.07) is 13.0. The van der Waals surface area contributed by atoms with E-state index in [-0.39, 0.29) is 11.7 Å². The van der Waals surface area contributed by atoms with Crippen LogP contribution in [0.2, 0.25) is 5.02 Å². The lowest BCUT2D eigenvalue weighted by atomic mass is 9.96. The molecule has 0 saturated carbocycles. The molecule has 2 aromatic carbocycles. The third kappa shape index (κ3) is 2.34. The van der Waals surface area contributed by atoms with Gasteiger partial charge in [0, 0.05) is 11.1 Å². The Bertz CT molecular complexity index is 518. The molecule has 0 aliphatic carbocycles. The fourth-order valence-corrected chi connectivity index (χ4v) is 2.42. The Morgan fingerprint density at radius 2 is 1.65 bits per heavy atom. The topological polar surface area (TPSA) is 0 Å². The molecular formula is C15H14ClF. The van der Waals surface area contributed by atoms with Crippen molar-refractivity contribution in [3.8, 4) is 11.1 Å². The molecule has 0 amide bonds. The fourth-order valence-electron chi connectivity index (χ4n) is 1.94. The smallest absolute Gasteiger partial charge is 0.128 e. The van der Waals surface area contributed by atoms with Crippen molar-refractivity contribution < 1.29 is 4.39 Å². The lowest BCUT2D eigenvalue weighted by Crippen LogP contribution is -1.96. The van der Waals surface area contributed by atoms with Crippen LogP contribution in [-0.2, 0) is 0 Å². The van der Waals surface area contributed by atoms with Gasteiger partial charge >= 0.3 is 0 Å². The van der Waals surface area contributed by atoms with Crippen molar-refractivity contribution in [3.05, 3.63) is 58.9 Å². The van der Waals surface area contributed by atoms with Crippen LogP contribution in [0, 0.1) is 5.82 Å². The number of hydrogen-bond donors (Lipinski definition) is 0. The second kappa shape index (κ2) is 4.89. The van der Waals surface area contributed by atoms with E-state index in [1.54, 1.807) is 6.07 Å². The summed E-state index contributed by atoms with van der Waals surface area (Å²) in [5.41, 5.74) is 2.49. The average Bonchev–Trinajstić information content (AvgIpc) is 2.30. The molecule has 2 heteroatoms. The van der Waals surface area contributed by atoms with E-state index in [9.17, 15) is 4.39 Å². The molecule has 0 saturated heterocycles. The predicted molar refractivity (Wildman–Crippen MR) is 70.9 cm³/mol. The van der Waals surface area contributed by atoms with E-state index in [0.29, 0.717) is 10.6 Å². The molecule has 0 fully saturated rings. The Labute approximate surface area is 106 Å². The van der Waals surface area contributed by atoms with E-state index < -0.39 is 0 Å². The van der Waals surface area contributed by atoms with E-state index in [0.717, 1.165) is 11.1 Å². The van der Waals surface area contributed by atoms with Crippen molar-refractivity contribution in [1.29, 1.82) is 0 Å². The molecule has 0 heterocycles. The molecule has 0 radical (unpaired) electrons. The van der Waals surface area contributed by atoms with Crippen molar-refractivity contribution in [2.45, 2.75) is 19.8 Å². The minimum Gasteiger partial charge on any atom is -0.207 e. The molecule has 0 aromatic heterocycles. The number of halogens is 2. The first-order valence-corrected chi connectivity index (χ1v) is 6.02. The van der Waals surface area contributed by atoms with Gasteiger partial charge in [0.1, 0.15) is 5.82 Å². The van der Waals surface area contributed by atoms with E-state index >= 15 is 0 Å². The standard InChI is InChI=1S/C15H14ClF/c1-10(2)14-13(17)9-8-12(15(14)16)11-6-4-3-5-7-11/h3-10H,1-2H3. The fraction of sp³-hybridized carbons (Fsp3) is 0.200. The summed E-state index contributed by atoms with van der Waals surface area (Å²) < 4.78 is 13.7. The first-order chi connectivity index (χ1) is 8.11. The van der Waals surface area contributed by atoms with Crippen LogP contribution >= 0.6 is 11.6 Å². The quantitative estimate of drug-likeness (QED) is 0.679. The van der Waals surface area contributed by atoms with Gasteiger partial charge in [0.15, 0.2) is 0 Å². The molecule has 0 unspecified atom stereocenters. The highest BCUT2D eigenvalue weighted by Gasteiger charge is 2.15. The average molecular weight is 249 g/mol. The maximum absolute atomic E-state index is 13.7. The second-order valence-electron chi connectivity index (χ2n) is 4.34. The van der Waals surface area contributed by atoms with Gasteiger partial charge in [0.25, 0.3) is 0 Å². The molecule has 0 nitrogen and oxygen atoms in total. The van der Waals surface area contributed by atoms with Crippen LogP contribution < -0.4 is 0 Å². The van der Waals surface area contributed by atoms with Crippen molar-refractivity contribution >= 4 is 11.6 Å². The summed E-state index contributed by atoms with van der Waals surface area (Å²) in [4.78, 5) is 0. The Balaban J connectivity index is 2.62. The van der Waals surface area contributed by atoms with Gasteiger partial charge in [0.05, 0.1) is 5.02 Å². The highest BCUT2D eigenvalue weighted by Crippen LogP contribution is 2.35. The molecule has 2 rings (SSSR count). The van der Waals surface area contributed by atoms with Crippen LogP contribution in [0.15, 0.2) is 42.5 Å². The number of rotatable bonds is 2. The minimum absolute atomic E-state index is 0.0752. The number of hydrogen-bond acceptors (Lipinski definition) is 0. The predicted octanol–water partition coefficient (Wildman–Crippen LogP) is 5.27. The maximum Gasteiger partial charge on any atom is 0.128 e. The summed E-state index contributed by atoms with van der Waals surface area (Å²) >= 11 is 6.30. The first kappa shape index (κ1) is 12.1. The van der Waals surface area contributed by atoms with Crippen LogP contribution in [0.5, 0.6) is 0 Å². The van der Waals surface area contributed by atoms with Gasteiger partial charge < -0.3 is 0 Å². The molecule has 0 N–H and O–H groups in total. The van der Waals surface area contributed by atoms with Crippen LogP contribution in [-0.4, -0.2) is 0 Å². The zero-order chi connectivity index (χ0) is 12.4. The van der Waals surface area contributed by atoms with Gasteiger partial charge in [-0.15, -0.1) is 0 Å². The van der Waals surface area contributed by atoms with Crippen molar-refractivity contribution in [2.24, 2.45) is 0 Å². The summed E-state index contributed by atoms with van der Waals surface area (Å²) in [6.45, 7) is 3.89. The molecule has 0 aliphatic heterocycles. The third-order valence-corrected chi connectivity index (χ3v) is 3.20. The first-order valence-electron chi connectivity index (χ1n) is 5.64. The summed E-state index contributed by atoms with van der Waals surface area (Å²) in [6.07, 6.45) is 0. The largest absolute Gasteiger partial charge is 0.207 e. The highest BCUT2D eigenvalue weighted by molar-refractivity contribution is 6.34. The number of benzene rings is 2. The van der Waals surface area contributed by atoms with Gasteiger partial charge in [-0.1, -0.05) is 55.8 Å². The van der Waals surface area contributed by atoms with Gasteiger partial charge in [0.2, 0.25) is 0 Å². The van der Waals surface area contributed by atoms with Crippen LogP contribution in [0.25, 0.3) is 11.1 Å². The van der Waals surface area contributed by atoms with E-state index in [1.807, 2.05) is 44.2 Å². The normalized spacial score (nSPS) is 10.9. The summed E-state index contributed by atoms with van der Waals surface area (Å²) in [5.74, 6) is -0.157. The third-order valence-electron chi connectivity index (χ3n) is 2.79. The maximum atomic E-state index is 13.7. The van der Waals surface area contributed by atoms with Gasteiger partial charge in [-0.2, -0.15) is 0 Å². The molecule has 0 aliphatic rings. The summed E-state index contributed by atoms with van der Waals surface area (Å²) in [7, 11) is 0. The lowest BCUT2D eigenvalue weighted by Gasteiger charge is -2.13.